The van der Waals surface area contributed by atoms with Gasteiger partial charge in [-0.05, 0) is 33.2 Å². The Balaban J connectivity index is 2.53. The number of hydrogen-bond donors (Lipinski definition) is 2. The first-order chi connectivity index (χ1) is 8.30. The fourth-order valence-corrected chi connectivity index (χ4v) is 1.64. The Bertz CT molecular complexity index is 406. The summed E-state index contributed by atoms with van der Waals surface area (Å²) in [5.41, 5.74) is -0.834. The number of rotatable bonds is 5. The van der Waals surface area contributed by atoms with E-state index in [1.165, 1.54) is 12.1 Å². The molecule has 1 unspecified atom stereocenters. The quantitative estimate of drug-likeness (QED) is 0.799. The predicted octanol–water partition coefficient (Wildman–Crippen LogP) is 0.172. The topological polar surface area (TPSA) is 78.4 Å². The first-order valence-corrected chi connectivity index (χ1v) is 5.82. The van der Waals surface area contributed by atoms with Gasteiger partial charge in [0.25, 0.3) is 5.91 Å². The minimum atomic E-state index is -1.00. The summed E-state index contributed by atoms with van der Waals surface area (Å²) in [6.45, 7) is 2.23. The van der Waals surface area contributed by atoms with E-state index in [2.05, 4.69) is 15.5 Å². The third-order valence-corrected chi connectivity index (χ3v) is 2.35. The van der Waals surface area contributed by atoms with E-state index >= 15 is 0 Å². The SMILES string of the molecule is CN(C)CC(C)(O)CNC(=O)c1ccc(Cl)nn1. The molecule has 1 aromatic rings. The van der Waals surface area contributed by atoms with Crippen molar-refractivity contribution in [2.45, 2.75) is 12.5 Å². The second-order valence-corrected chi connectivity index (χ2v) is 5.05. The maximum atomic E-state index is 11.7. The van der Waals surface area contributed by atoms with Gasteiger partial charge in [0, 0.05) is 13.1 Å². The molecule has 0 aliphatic carbocycles. The van der Waals surface area contributed by atoms with E-state index in [0.717, 1.165) is 0 Å². The van der Waals surface area contributed by atoms with E-state index < -0.39 is 11.5 Å². The summed E-state index contributed by atoms with van der Waals surface area (Å²) in [6, 6.07) is 2.97. The Morgan fingerprint density at radius 1 is 1.50 bits per heavy atom. The first-order valence-electron chi connectivity index (χ1n) is 5.45. The van der Waals surface area contributed by atoms with Crippen LogP contribution in [0, 0.1) is 0 Å². The summed E-state index contributed by atoms with van der Waals surface area (Å²) in [5.74, 6) is -0.391. The van der Waals surface area contributed by atoms with Crippen LogP contribution < -0.4 is 5.32 Å². The monoisotopic (exact) mass is 272 g/mol. The zero-order valence-corrected chi connectivity index (χ0v) is 11.4. The average Bonchev–Trinajstić information content (AvgIpc) is 2.25. The lowest BCUT2D eigenvalue weighted by molar-refractivity contribution is 0.0325. The lowest BCUT2D eigenvalue weighted by atomic mass is 10.1. The van der Waals surface area contributed by atoms with E-state index in [9.17, 15) is 9.90 Å². The summed E-state index contributed by atoms with van der Waals surface area (Å²) in [6.07, 6.45) is 0. The molecule has 0 saturated heterocycles. The smallest absolute Gasteiger partial charge is 0.271 e. The molecule has 1 heterocycles. The second-order valence-electron chi connectivity index (χ2n) is 4.66. The van der Waals surface area contributed by atoms with Crippen LogP contribution in [-0.2, 0) is 0 Å². The fraction of sp³-hybridized carbons (Fsp3) is 0.545. The van der Waals surface area contributed by atoms with Crippen molar-refractivity contribution in [3.63, 3.8) is 0 Å². The molecule has 100 valence electrons. The molecule has 0 bridgehead atoms. The van der Waals surface area contributed by atoms with Crippen LogP contribution in [0.5, 0.6) is 0 Å². The van der Waals surface area contributed by atoms with Crippen molar-refractivity contribution in [3.05, 3.63) is 23.0 Å². The average molecular weight is 273 g/mol. The van der Waals surface area contributed by atoms with Gasteiger partial charge in [-0.1, -0.05) is 11.6 Å². The molecule has 1 amide bonds. The number of halogens is 1. The van der Waals surface area contributed by atoms with Gasteiger partial charge in [0.1, 0.15) is 0 Å². The molecular formula is C11H17ClN4O2. The highest BCUT2D eigenvalue weighted by atomic mass is 35.5. The number of nitrogens with one attached hydrogen (secondary N) is 1. The van der Waals surface area contributed by atoms with E-state index in [-0.39, 0.29) is 17.4 Å². The van der Waals surface area contributed by atoms with Crippen molar-refractivity contribution >= 4 is 17.5 Å². The maximum Gasteiger partial charge on any atom is 0.271 e. The van der Waals surface area contributed by atoms with Crippen LogP contribution in [0.1, 0.15) is 17.4 Å². The largest absolute Gasteiger partial charge is 0.387 e. The molecule has 0 saturated carbocycles. The Morgan fingerprint density at radius 2 is 2.17 bits per heavy atom. The number of aliphatic hydroxyl groups is 1. The van der Waals surface area contributed by atoms with Gasteiger partial charge >= 0.3 is 0 Å². The van der Waals surface area contributed by atoms with E-state index in [4.69, 9.17) is 11.6 Å². The molecule has 1 rings (SSSR count). The number of carbonyl (C=O) groups excluding carboxylic acids is 1. The van der Waals surface area contributed by atoms with Gasteiger partial charge in [-0.25, -0.2) is 0 Å². The van der Waals surface area contributed by atoms with Gasteiger partial charge in [0.05, 0.1) is 5.60 Å². The molecule has 1 atom stereocenters. The lowest BCUT2D eigenvalue weighted by Gasteiger charge is -2.26. The highest BCUT2D eigenvalue weighted by Crippen LogP contribution is 2.05. The summed E-state index contributed by atoms with van der Waals surface area (Å²) in [5, 5.41) is 20.1. The van der Waals surface area contributed by atoms with Crippen molar-refractivity contribution in [2.75, 3.05) is 27.2 Å². The van der Waals surface area contributed by atoms with Crippen LogP contribution >= 0.6 is 11.6 Å². The Kier molecular flexibility index (Phi) is 5.01. The van der Waals surface area contributed by atoms with Gasteiger partial charge in [0.15, 0.2) is 10.8 Å². The molecule has 1 aromatic heterocycles. The van der Waals surface area contributed by atoms with Crippen molar-refractivity contribution in [1.82, 2.24) is 20.4 Å². The highest BCUT2D eigenvalue weighted by molar-refractivity contribution is 6.29. The molecule has 0 spiro atoms. The standard InChI is InChI=1S/C11H17ClN4O2/c1-11(18,7-16(2)3)6-13-10(17)8-4-5-9(12)15-14-8/h4-5,18H,6-7H2,1-3H3,(H,13,17). The summed E-state index contributed by atoms with van der Waals surface area (Å²) in [4.78, 5) is 13.5. The van der Waals surface area contributed by atoms with Crippen LogP contribution in [0.4, 0.5) is 0 Å². The van der Waals surface area contributed by atoms with Crippen molar-refractivity contribution in [3.8, 4) is 0 Å². The third-order valence-electron chi connectivity index (χ3n) is 2.15. The summed E-state index contributed by atoms with van der Waals surface area (Å²) < 4.78 is 0. The maximum absolute atomic E-state index is 11.7. The van der Waals surface area contributed by atoms with Crippen LogP contribution in [0.15, 0.2) is 12.1 Å². The van der Waals surface area contributed by atoms with Crippen LogP contribution in [0.3, 0.4) is 0 Å². The molecule has 18 heavy (non-hydrogen) atoms. The van der Waals surface area contributed by atoms with Gasteiger partial charge in [0.2, 0.25) is 0 Å². The number of aromatic nitrogens is 2. The van der Waals surface area contributed by atoms with Gasteiger partial charge in [-0.15, -0.1) is 10.2 Å². The molecule has 0 aromatic carbocycles. The summed E-state index contributed by atoms with van der Waals surface area (Å²) >= 11 is 5.57. The highest BCUT2D eigenvalue weighted by Gasteiger charge is 2.22. The first kappa shape index (κ1) is 14.8. The summed E-state index contributed by atoms with van der Waals surface area (Å²) in [7, 11) is 3.70. The Hall–Kier alpha value is -1.24. The number of nitrogens with zero attached hydrogens (tertiary/aromatic N) is 3. The number of amides is 1. The molecule has 2 N–H and O–H groups in total. The van der Waals surface area contributed by atoms with E-state index in [0.29, 0.717) is 6.54 Å². The fourth-order valence-electron chi connectivity index (χ4n) is 1.54. The molecule has 0 fully saturated rings. The Labute approximate surface area is 111 Å². The van der Waals surface area contributed by atoms with E-state index in [1.807, 2.05) is 19.0 Å². The van der Waals surface area contributed by atoms with Crippen LogP contribution in [0.2, 0.25) is 5.15 Å². The molecule has 0 aliphatic heterocycles. The van der Waals surface area contributed by atoms with Crippen LogP contribution in [-0.4, -0.2) is 58.9 Å². The number of carbonyl (C=O) groups is 1. The molecule has 0 aliphatic rings. The Morgan fingerprint density at radius 3 is 2.67 bits per heavy atom. The minimum Gasteiger partial charge on any atom is -0.387 e. The molecule has 6 nitrogen and oxygen atoms in total. The van der Waals surface area contributed by atoms with Crippen molar-refractivity contribution in [1.29, 1.82) is 0 Å². The molecular weight excluding hydrogens is 256 g/mol. The van der Waals surface area contributed by atoms with Crippen molar-refractivity contribution < 1.29 is 9.90 Å². The second kappa shape index (κ2) is 6.08. The number of likely N-dealkylation sites (N-methyl/N-ethyl adjacent to an activating group) is 1. The predicted molar refractivity (Wildman–Crippen MR) is 68.6 cm³/mol. The van der Waals surface area contributed by atoms with E-state index in [1.54, 1.807) is 6.92 Å². The van der Waals surface area contributed by atoms with Crippen molar-refractivity contribution in [2.24, 2.45) is 0 Å². The van der Waals surface area contributed by atoms with Gasteiger partial charge < -0.3 is 15.3 Å². The zero-order chi connectivity index (χ0) is 13.8. The van der Waals surface area contributed by atoms with Crippen LogP contribution in [0.25, 0.3) is 0 Å². The van der Waals surface area contributed by atoms with Gasteiger partial charge in [-0.3, -0.25) is 4.79 Å². The zero-order valence-electron chi connectivity index (χ0n) is 10.6. The minimum absolute atomic E-state index is 0.133. The third kappa shape index (κ3) is 4.95. The number of hydrogen-bond acceptors (Lipinski definition) is 5. The molecule has 0 radical (unpaired) electrons. The molecule has 7 heteroatoms. The van der Waals surface area contributed by atoms with Gasteiger partial charge in [-0.2, -0.15) is 0 Å². The normalized spacial score (nSPS) is 14.3. The lowest BCUT2D eigenvalue weighted by Crippen LogP contribution is -2.47.